The van der Waals surface area contributed by atoms with Crippen LogP contribution in [0.25, 0.3) is 0 Å². The Morgan fingerprint density at radius 1 is 0.789 bits per heavy atom. The minimum Gasteiger partial charge on any atom is -0.744 e. The lowest BCUT2D eigenvalue weighted by Gasteiger charge is -2.14. The summed E-state index contributed by atoms with van der Waals surface area (Å²) in [5, 5.41) is 10.4. The Hall–Kier alpha value is -4.24. The molecule has 0 saturated heterocycles. The van der Waals surface area contributed by atoms with Crippen molar-refractivity contribution in [2.24, 2.45) is 16.1 Å². The van der Waals surface area contributed by atoms with Crippen LogP contribution in [-0.2, 0) is 29.8 Å². The molecule has 0 radical (unpaired) electrons. The summed E-state index contributed by atoms with van der Waals surface area (Å²) in [5.41, 5.74) is 1.32. The number of anilines is 2. The predicted molar refractivity (Wildman–Crippen MR) is 135 cm³/mol. The van der Waals surface area contributed by atoms with E-state index >= 15 is 0 Å². The Morgan fingerprint density at radius 2 is 1.32 bits per heavy atom. The van der Waals surface area contributed by atoms with Crippen molar-refractivity contribution in [3.8, 4) is 0 Å². The van der Waals surface area contributed by atoms with Crippen LogP contribution >= 0.6 is 0 Å². The van der Waals surface area contributed by atoms with Gasteiger partial charge >= 0.3 is 0 Å². The number of hydrazone groups is 2. The predicted octanol–water partition coefficient (Wildman–Crippen LogP) is 1.90. The molecule has 0 aliphatic carbocycles. The second kappa shape index (κ2) is 10.3. The summed E-state index contributed by atoms with van der Waals surface area (Å²) < 4.78 is 66.4. The molecule has 2 aromatic rings. The fourth-order valence-corrected chi connectivity index (χ4v) is 4.46. The first-order valence-electron chi connectivity index (χ1n) is 10.8. The number of amides is 2. The molecule has 196 valence electrons. The van der Waals surface area contributed by atoms with Gasteiger partial charge in [0.1, 0.15) is 20.2 Å². The van der Waals surface area contributed by atoms with E-state index in [4.69, 9.17) is 0 Å². The van der Waals surface area contributed by atoms with Gasteiger partial charge in [-0.2, -0.15) is 15.2 Å². The van der Waals surface area contributed by atoms with Crippen LogP contribution in [0, 0.1) is 5.92 Å². The Morgan fingerprint density at radius 3 is 1.84 bits per heavy atom. The summed E-state index contributed by atoms with van der Waals surface area (Å²) in [4.78, 5) is 24.5. The van der Waals surface area contributed by atoms with E-state index in [9.17, 15) is 35.5 Å². The van der Waals surface area contributed by atoms with Gasteiger partial charge in [0.05, 0.1) is 38.4 Å². The Balaban J connectivity index is 1.38. The number of carbonyl (C=O) groups is 2. The molecular weight excluding hydrogens is 536 g/mol. The van der Waals surface area contributed by atoms with Crippen molar-refractivity contribution in [1.82, 2.24) is 0 Å². The van der Waals surface area contributed by atoms with Gasteiger partial charge < -0.3 is 9.11 Å². The van der Waals surface area contributed by atoms with Crippen LogP contribution < -0.4 is 10.0 Å². The average Bonchev–Trinajstić information content (AvgIpc) is 3.36. The molecule has 1 unspecified atom stereocenters. The molecular formula is C24H18N4O8S2-2. The molecule has 0 spiro atoms. The van der Waals surface area contributed by atoms with Crippen LogP contribution in [0.4, 0.5) is 11.4 Å². The SMILES string of the molecule is CC1=NN(c2ccc(S(=O)(=O)[O-])cc2)C(=O)C1=CC=CC=CC1C=NN(c2ccc(S(=O)(=O)[O-])cc2)C1=O. The molecule has 2 aliphatic rings. The van der Waals surface area contributed by atoms with E-state index in [0.717, 1.165) is 34.3 Å². The maximum atomic E-state index is 12.8. The zero-order valence-corrected chi connectivity index (χ0v) is 21.2. The number of hydrogen-bond acceptors (Lipinski definition) is 10. The first-order valence-corrected chi connectivity index (χ1v) is 13.6. The fourth-order valence-electron chi connectivity index (χ4n) is 3.52. The molecule has 2 amide bonds. The van der Waals surface area contributed by atoms with E-state index in [2.05, 4.69) is 10.2 Å². The molecule has 2 heterocycles. The molecule has 12 nitrogen and oxygen atoms in total. The van der Waals surface area contributed by atoms with Crippen molar-refractivity contribution < 1.29 is 35.5 Å². The van der Waals surface area contributed by atoms with Gasteiger partial charge in [-0.05, 0) is 61.5 Å². The van der Waals surface area contributed by atoms with Crippen molar-refractivity contribution in [3.63, 3.8) is 0 Å². The summed E-state index contributed by atoms with van der Waals surface area (Å²) >= 11 is 0. The zero-order valence-electron chi connectivity index (χ0n) is 19.5. The third-order valence-electron chi connectivity index (χ3n) is 5.44. The molecule has 1 atom stereocenters. The van der Waals surface area contributed by atoms with E-state index in [1.807, 2.05) is 0 Å². The van der Waals surface area contributed by atoms with Crippen molar-refractivity contribution in [2.75, 3.05) is 10.0 Å². The monoisotopic (exact) mass is 554 g/mol. The fraction of sp³-hybridized carbons (Fsp3) is 0.0833. The highest BCUT2D eigenvalue weighted by molar-refractivity contribution is 7.86. The molecule has 0 bridgehead atoms. The molecule has 38 heavy (non-hydrogen) atoms. The summed E-state index contributed by atoms with van der Waals surface area (Å²) in [6, 6.07) is 9.64. The van der Waals surface area contributed by atoms with Crippen LogP contribution in [0.1, 0.15) is 6.92 Å². The molecule has 2 aromatic carbocycles. The van der Waals surface area contributed by atoms with Gasteiger partial charge in [-0.1, -0.05) is 24.3 Å². The number of carbonyl (C=O) groups excluding carboxylic acids is 2. The number of hydrogen-bond donors (Lipinski definition) is 0. The van der Waals surface area contributed by atoms with E-state index < -0.39 is 41.9 Å². The standard InChI is InChI=1S/C24H20N4O8S2/c1-16-22(24(30)28(26-16)19-9-13-21(14-10-19)38(34,35)36)6-4-2-3-5-17-15-25-27(23(17)29)18-7-11-20(12-8-18)37(31,32)33/h2-15,17H,1H3,(H,31,32,33)(H,34,35,36)/p-2. The number of benzene rings is 2. The highest BCUT2D eigenvalue weighted by Crippen LogP contribution is 2.25. The molecule has 14 heteroatoms. The normalized spacial score (nSPS) is 19.5. The first-order chi connectivity index (χ1) is 17.9. The molecule has 0 saturated carbocycles. The Labute approximate surface area is 218 Å². The van der Waals surface area contributed by atoms with Crippen LogP contribution in [0.2, 0.25) is 0 Å². The van der Waals surface area contributed by atoms with Gasteiger partial charge in [0.25, 0.3) is 11.8 Å². The number of rotatable bonds is 7. The highest BCUT2D eigenvalue weighted by Gasteiger charge is 2.29. The maximum absolute atomic E-state index is 12.8. The van der Waals surface area contributed by atoms with E-state index in [1.165, 1.54) is 36.6 Å². The van der Waals surface area contributed by atoms with E-state index in [0.29, 0.717) is 22.7 Å². The van der Waals surface area contributed by atoms with Crippen molar-refractivity contribution >= 4 is 55.4 Å². The number of allylic oxidation sites excluding steroid dienone is 4. The third-order valence-corrected chi connectivity index (χ3v) is 7.14. The second-order valence-corrected chi connectivity index (χ2v) is 10.7. The van der Waals surface area contributed by atoms with Gasteiger partial charge in [-0.25, -0.2) is 21.8 Å². The van der Waals surface area contributed by atoms with Crippen LogP contribution in [0.5, 0.6) is 0 Å². The summed E-state index contributed by atoms with van der Waals surface area (Å²) in [5.74, 6) is -1.51. The molecule has 0 aromatic heterocycles. The minimum absolute atomic E-state index is 0.293. The van der Waals surface area contributed by atoms with Crippen molar-refractivity contribution in [3.05, 3.63) is 84.5 Å². The molecule has 0 fully saturated rings. The van der Waals surface area contributed by atoms with E-state index in [-0.39, 0.29) is 5.91 Å². The first kappa shape index (κ1) is 26.8. The van der Waals surface area contributed by atoms with Gasteiger partial charge in [-0.3, -0.25) is 9.59 Å². The van der Waals surface area contributed by atoms with Crippen LogP contribution in [0.3, 0.4) is 0 Å². The van der Waals surface area contributed by atoms with Crippen LogP contribution in [-0.4, -0.2) is 49.7 Å². The summed E-state index contributed by atoms with van der Waals surface area (Å²) in [7, 11) is -9.21. The minimum atomic E-state index is -4.61. The molecule has 4 rings (SSSR count). The quantitative estimate of drug-likeness (QED) is 0.283. The van der Waals surface area contributed by atoms with Gasteiger partial charge in [0, 0.05) is 6.21 Å². The topological polar surface area (TPSA) is 180 Å². The highest BCUT2D eigenvalue weighted by atomic mass is 32.2. The Bertz CT molecular complexity index is 1650. The smallest absolute Gasteiger partial charge is 0.280 e. The van der Waals surface area contributed by atoms with Crippen molar-refractivity contribution in [1.29, 1.82) is 0 Å². The second-order valence-electron chi connectivity index (χ2n) is 7.99. The lowest BCUT2D eigenvalue weighted by atomic mass is 10.1. The number of nitrogens with zero attached hydrogens (tertiary/aromatic N) is 4. The summed E-state index contributed by atoms with van der Waals surface area (Å²) in [6.07, 6.45) is 9.28. The Kier molecular flexibility index (Phi) is 7.24. The molecule has 0 N–H and O–H groups in total. The molecule has 2 aliphatic heterocycles. The zero-order chi connectivity index (χ0) is 27.7. The van der Waals surface area contributed by atoms with Gasteiger partial charge in [0.15, 0.2) is 0 Å². The van der Waals surface area contributed by atoms with Gasteiger partial charge in [0.2, 0.25) is 0 Å². The van der Waals surface area contributed by atoms with Crippen molar-refractivity contribution in [2.45, 2.75) is 16.7 Å². The maximum Gasteiger partial charge on any atom is 0.280 e. The average molecular weight is 555 g/mol. The van der Waals surface area contributed by atoms with E-state index in [1.54, 1.807) is 31.2 Å². The third kappa shape index (κ3) is 5.68. The lowest BCUT2D eigenvalue weighted by molar-refractivity contribution is -0.118. The lowest BCUT2D eigenvalue weighted by Crippen LogP contribution is -2.24. The largest absolute Gasteiger partial charge is 0.744 e. The summed E-state index contributed by atoms with van der Waals surface area (Å²) in [6.45, 7) is 1.63. The van der Waals surface area contributed by atoms with Crippen LogP contribution in [0.15, 0.2) is 104 Å². The van der Waals surface area contributed by atoms with Gasteiger partial charge in [-0.15, -0.1) is 0 Å².